The molecule has 0 aliphatic carbocycles. The van der Waals surface area contributed by atoms with E-state index in [4.69, 9.17) is 9.31 Å². The first kappa shape index (κ1) is 12.6. The number of pyridine rings is 2. The van der Waals surface area contributed by atoms with Crippen LogP contribution in [0.4, 0.5) is 0 Å². The SMILES string of the molecule is CC1(C)OB(c2cncc3cccnc23)OC1(C)C. The van der Waals surface area contributed by atoms with Gasteiger partial charge in [-0.1, -0.05) is 0 Å². The molecule has 1 aliphatic heterocycles. The van der Waals surface area contributed by atoms with Gasteiger partial charge < -0.3 is 9.31 Å². The highest BCUT2D eigenvalue weighted by atomic mass is 16.7. The summed E-state index contributed by atoms with van der Waals surface area (Å²) < 4.78 is 12.1. The normalized spacial score (nSPS) is 20.9. The van der Waals surface area contributed by atoms with Gasteiger partial charge >= 0.3 is 7.12 Å². The summed E-state index contributed by atoms with van der Waals surface area (Å²) in [6, 6.07) is 3.89. The third kappa shape index (κ3) is 1.93. The van der Waals surface area contributed by atoms with Crippen LogP contribution in [-0.2, 0) is 9.31 Å². The molecule has 0 N–H and O–H groups in total. The van der Waals surface area contributed by atoms with Crippen LogP contribution < -0.4 is 5.46 Å². The van der Waals surface area contributed by atoms with Crippen molar-refractivity contribution in [2.75, 3.05) is 0 Å². The number of nitrogens with zero attached hydrogens (tertiary/aromatic N) is 2. The first-order valence-corrected chi connectivity index (χ1v) is 6.45. The van der Waals surface area contributed by atoms with E-state index in [1.54, 1.807) is 18.6 Å². The van der Waals surface area contributed by atoms with Crippen molar-refractivity contribution in [3.8, 4) is 0 Å². The Labute approximate surface area is 113 Å². The van der Waals surface area contributed by atoms with Crippen molar-refractivity contribution in [3.63, 3.8) is 0 Å². The highest BCUT2D eigenvalue weighted by molar-refractivity contribution is 6.64. The summed E-state index contributed by atoms with van der Waals surface area (Å²) in [4.78, 5) is 8.67. The second-order valence-electron chi connectivity index (χ2n) is 5.89. The summed E-state index contributed by atoms with van der Waals surface area (Å²) in [5, 5.41) is 0.995. The molecule has 19 heavy (non-hydrogen) atoms. The van der Waals surface area contributed by atoms with E-state index in [2.05, 4.69) is 9.97 Å². The summed E-state index contributed by atoms with van der Waals surface area (Å²) in [6.07, 6.45) is 5.35. The molecule has 98 valence electrons. The van der Waals surface area contributed by atoms with Crippen LogP contribution in [0.1, 0.15) is 27.7 Å². The maximum Gasteiger partial charge on any atom is 0.498 e. The third-order valence-corrected chi connectivity index (χ3v) is 4.05. The van der Waals surface area contributed by atoms with Crippen LogP contribution in [0.2, 0.25) is 0 Å². The summed E-state index contributed by atoms with van der Waals surface area (Å²) in [5.74, 6) is 0. The quantitative estimate of drug-likeness (QED) is 0.731. The highest BCUT2D eigenvalue weighted by Crippen LogP contribution is 2.36. The molecule has 0 unspecified atom stereocenters. The van der Waals surface area contributed by atoms with Crippen LogP contribution in [0.3, 0.4) is 0 Å². The van der Waals surface area contributed by atoms with Gasteiger partial charge in [-0.15, -0.1) is 0 Å². The molecule has 0 spiro atoms. The fourth-order valence-corrected chi connectivity index (χ4v) is 2.16. The first-order valence-electron chi connectivity index (χ1n) is 6.45. The van der Waals surface area contributed by atoms with Crippen molar-refractivity contribution < 1.29 is 9.31 Å². The van der Waals surface area contributed by atoms with Crippen molar-refractivity contribution >= 4 is 23.5 Å². The average Bonchev–Trinajstić information content (AvgIpc) is 2.58. The Kier molecular flexibility index (Phi) is 2.66. The van der Waals surface area contributed by atoms with Crippen LogP contribution in [0.15, 0.2) is 30.7 Å². The van der Waals surface area contributed by atoms with Crippen LogP contribution >= 0.6 is 0 Å². The molecule has 5 heteroatoms. The maximum absolute atomic E-state index is 6.06. The molecular weight excluding hydrogens is 239 g/mol. The van der Waals surface area contributed by atoms with Crippen LogP contribution in [0.25, 0.3) is 10.9 Å². The minimum atomic E-state index is -0.420. The van der Waals surface area contributed by atoms with E-state index in [-0.39, 0.29) is 11.2 Å². The predicted octanol–water partition coefficient (Wildman–Crippen LogP) is 1.93. The van der Waals surface area contributed by atoms with Gasteiger partial charge in [-0.25, -0.2) is 0 Å². The van der Waals surface area contributed by atoms with Crippen molar-refractivity contribution in [1.29, 1.82) is 0 Å². The molecule has 0 saturated carbocycles. The van der Waals surface area contributed by atoms with E-state index in [1.807, 2.05) is 39.8 Å². The lowest BCUT2D eigenvalue weighted by Crippen LogP contribution is -2.41. The van der Waals surface area contributed by atoms with Gasteiger partial charge in [-0.3, -0.25) is 9.97 Å². The zero-order chi connectivity index (χ0) is 13.7. The Morgan fingerprint density at radius 2 is 1.74 bits per heavy atom. The Balaban J connectivity index is 2.08. The lowest BCUT2D eigenvalue weighted by atomic mass is 9.79. The van der Waals surface area contributed by atoms with Crippen molar-refractivity contribution in [3.05, 3.63) is 30.7 Å². The number of aromatic nitrogens is 2. The van der Waals surface area contributed by atoms with Gasteiger partial charge in [0.05, 0.1) is 16.7 Å². The number of hydrogen-bond acceptors (Lipinski definition) is 4. The predicted molar refractivity (Wildman–Crippen MR) is 75.3 cm³/mol. The smallest absolute Gasteiger partial charge is 0.399 e. The third-order valence-electron chi connectivity index (χ3n) is 4.05. The van der Waals surface area contributed by atoms with E-state index in [0.717, 1.165) is 16.4 Å². The van der Waals surface area contributed by atoms with Gasteiger partial charge in [0, 0.05) is 29.4 Å². The van der Waals surface area contributed by atoms with Crippen molar-refractivity contribution in [2.24, 2.45) is 0 Å². The topological polar surface area (TPSA) is 44.2 Å². The summed E-state index contributed by atoms with van der Waals surface area (Å²) in [5.41, 5.74) is 1.07. The number of rotatable bonds is 1. The first-order chi connectivity index (χ1) is 8.91. The van der Waals surface area contributed by atoms with Gasteiger partial charge in [0.2, 0.25) is 0 Å². The monoisotopic (exact) mass is 256 g/mol. The second-order valence-corrected chi connectivity index (χ2v) is 5.89. The largest absolute Gasteiger partial charge is 0.498 e. The van der Waals surface area contributed by atoms with E-state index < -0.39 is 7.12 Å². The molecule has 1 saturated heterocycles. The molecule has 2 aromatic rings. The molecule has 0 atom stereocenters. The van der Waals surface area contributed by atoms with Crippen LogP contribution in [-0.4, -0.2) is 28.3 Å². The van der Waals surface area contributed by atoms with Crippen LogP contribution in [0, 0.1) is 0 Å². The van der Waals surface area contributed by atoms with Crippen molar-refractivity contribution in [2.45, 2.75) is 38.9 Å². The number of hydrogen-bond donors (Lipinski definition) is 0. The highest BCUT2D eigenvalue weighted by Gasteiger charge is 2.52. The maximum atomic E-state index is 6.06. The fraction of sp³-hybridized carbons (Fsp3) is 0.429. The van der Waals surface area contributed by atoms with Gasteiger partial charge in [0.25, 0.3) is 0 Å². The molecule has 4 nitrogen and oxygen atoms in total. The molecule has 2 aromatic heterocycles. The van der Waals surface area contributed by atoms with E-state index in [1.165, 1.54) is 0 Å². The fourth-order valence-electron chi connectivity index (χ4n) is 2.16. The van der Waals surface area contributed by atoms with E-state index in [0.29, 0.717) is 0 Å². The van der Waals surface area contributed by atoms with Gasteiger partial charge in [-0.2, -0.15) is 0 Å². The van der Waals surface area contributed by atoms with E-state index >= 15 is 0 Å². The van der Waals surface area contributed by atoms with Gasteiger partial charge in [0.1, 0.15) is 0 Å². The van der Waals surface area contributed by atoms with E-state index in [9.17, 15) is 0 Å². The molecule has 0 aromatic carbocycles. The minimum absolute atomic E-state index is 0.353. The Hall–Kier alpha value is -1.46. The van der Waals surface area contributed by atoms with Gasteiger partial charge in [0.15, 0.2) is 0 Å². The molecule has 1 fully saturated rings. The Morgan fingerprint density at radius 1 is 1.05 bits per heavy atom. The molecule has 3 heterocycles. The zero-order valence-electron chi connectivity index (χ0n) is 11.7. The average molecular weight is 256 g/mol. The number of fused-ring (bicyclic) bond motifs is 1. The molecular formula is C14H17BN2O2. The summed E-state index contributed by atoms with van der Waals surface area (Å²) in [6.45, 7) is 8.16. The zero-order valence-corrected chi connectivity index (χ0v) is 11.7. The van der Waals surface area contributed by atoms with Gasteiger partial charge in [-0.05, 0) is 39.8 Å². The lowest BCUT2D eigenvalue weighted by molar-refractivity contribution is 0.00578. The lowest BCUT2D eigenvalue weighted by Gasteiger charge is -2.32. The second kappa shape index (κ2) is 4.02. The molecule has 0 bridgehead atoms. The molecule has 3 rings (SSSR count). The molecule has 1 aliphatic rings. The summed E-state index contributed by atoms with van der Waals surface area (Å²) >= 11 is 0. The summed E-state index contributed by atoms with van der Waals surface area (Å²) in [7, 11) is -0.420. The Bertz CT molecular complexity index is 606. The molecule has 0 radical (unpaired) electrons. The minimum Gasteiger partial charge on any atom is -0.399 e. The standard InChI is InChI=1S/C14H17BN2O2/c1-13(2)14(3,4)19-15(18-13)11-9-16-8-10-6-5-7-17-12(10)11/h5-9H,1-4H3. The Morgan fingerprint density at radius 3 is 2.42 bits per heavy atom. The van der Waals surface area contributed by atoms with Crippen molar-refractivity contribution in [1.82, 2.24) is 9.97 Å². The molecule has 0 amide bonds. The van der Waals surface area contributed by atoms with Crippen LogP contribution in [0.5, 0.6) is 0 Å².